The van der Waals surface area contributed by atoms with E-state index >= 15 is 0 Å². The summed E-state index contributed by atoms with van der Waals surface area (Å²) in [7, 11) is 0. The van der Waals surface area contributed by atoms with Gasteiger partial charge < -0.3 is 10.1 Å². The molecule has 1 aliphatic rings. The number of hydrogen-bond donors (Lipinski definition) is 1. The molecule has 2 rings (SSSR count). The van der Waals surface area contributed by atoms with Gasteiger partial charge >= 0.3 is 6.11 Å². The van der Waals surface area contributed by atoms with Crippen LogP contribution in [-0.2, 0) is 10.8 Å². The first-order valence-corrected chi connectivity index (χ1v) is 5.86. The molecule has 4 heteroatoms. The van der Waals surface area contributed by atoms with Crippen molar-refractivity contribution < 1.29 is 13.5 Å². The molecule has 1 N–H and O–H groups in total. The van der Waals surface area contributed by atoms with E-state index in [4.69, 9.17) is 4.74 Å². The Labute approximate surface area is 100.0 Å². The molecule has 0 amide bonds. The van der Waals surface area contributed by atoms with E-state index in [-0.39, 0.29) is 5.56 Å². The minimum absolute atomic E-state index is 0.0836. The van der Waals surface area contributed by atoms with Crippen LogP contribution in [0.5, 0.6) is 0 Å². The Morgan fingerprint density at radius 2 is 1.76 bits per heavy atom. The van der Waals surface area contributed by atoms with Crippen molar-refractivity contribution in [1.82, 2.24) is 5.32 Å². The molecule has 0 radical (unpaired) electrons. The Hall–Kier alpha value is -1.00. The van der Waals surface area contributed by atoms with Crippen LogP contribution in [0.15, 0.2) is 30.3 Å². The van der Waals surface area contributed by atoms with Crippen LogP contribution in [0.3, 0.4) is 0 Å². The number of nitrogens with one attached hydrogen (secondary N) is 1. The van der Waals surface area contributed by atoms with Gasteiger partial charge in [0.2, 0.25) is 0 Å². The highest BCUT2D eigenvalue weighted by Gasteiger charge is 2.41. The lowest BCUT2D eigenvalue weighted by Crippen LogP contribution is -2.45. The second-order valence-electron chi connectivity index (χ2n) is 4.68. The first-order valence-electron chi connectivity index (χ1n) is 5.86. The summed E-state index contributed by atoms with van der Waals surface area (Å²) in [6.45, 7) is 3.20. The van der Waals surface area contributed by atoms with Crippen LogP contribution in [-0.4, -0.2) is 18.7 Å². The molecule has 1 heterocycles. The van der Waals surface area contributed by atoms with Gasteiger partial charge in [-0.05, 0) is 32.9 Å². The molecule has 0 unspecified atom stereocenters. The standard InChI is InChI=1S/C13H17F2NO/c1-12(7-9-16-10-8-12)17-13(14,15)11-5-3-2-4-6-11/h2-6,16H,7-10H2,1H3. The second-order valence-corrected chi connectivity index (χ2v) is 4.68. The summed E-state index contributed by atoms with van der Waals surface area (Å²) in [6.07, 6.45) is -2.00. The Morgan fingerprint density at radius 1 is 1.18 bits per heavy atom. The number of ether oxygens (including phenoxy) is 1. The van der Waals surface area contributed by atoms with Crippen molar-refractivity contribution in [2.24, 2.45) is 0 Å². The van der Waals surface area contributed by atoms with Gasteiger partial charge in [0, 0.05) is 0 Å². The van der Waals surface area contributed by atoms with Crippen molar-refractivity contribution in [3.05, 3.63) is 35.9 Å². The molecule has 1 aromatic carbocycles. The van der Waals surface area contributed by atoms with Crippen molar-refractivity contribution in [2.75, 3.05) is 13.1 Å². The number of piperidine rings is 1. The van der Waals surface area contributed by atoms with E-state index in [1.807, 2.05) is 0 Å². The largest absolute Gasteiger partial charge is 0.383 e. The summed E-state index contributed by atoms with van der Waals surface area (Å²) in [5, 5.41) is 3.14. The van der Waals surface area contributed by atoms with E-state index in [1.165, 1.54) is 12.1 Å². The van der Waals surface area contributed by atoms with Gasteiger partial charge in [0.15, 0.2) is 0 Å². The van der Waals surface area contributed by atoms with Gasteiger partial charge in [-0.15, -0.1) is 0 Å². The second kappa shape index (κ2) is 4.70. The van der Waals surface area contributed by atoms with Crippen molar-refractivity contribution in [1.29, 1.82) is 0 Å². The van der Waals surface area contributed by atoms with Crippen LogP contribution in [0.1, 0.15) is 25.3 Å². The Bertz CT molecular complexity index is 361. The minimum Gasteiger partial charge on any atom is -0.317 e. The van der Waals surface area contributed by atoms with Crippen LogP contribution in [0.4, 0.5) is 8.78 Å². The molecule has 2 nitrogen and oxygen atoms in total. The Kier molecular flexibility index (Phi) is 3.45. The van der Waals surface area contributed by atoms with E-state index in [0.717, 1.165) is 13.1 Å². The molecule has 0 bridgehead atoms. The molecule has 1 aromatic rings. The average molecular weight is 241 g/mol. The monoisotopic (exact) mass is 241 g/mol. The molecule has 0 atom stereocenters. The van der Waals surface area contributed by atoms with Crippen LogP contribution in [0.25, 0.3) is 0 Å². The Balaban J connectivity index is 2.11. The molecule has 94 valence electrons. The smallest absolute Gasteiger partial charge is 0.317 e. The number of rotatable bonds is 3. The van der Waals surface area contributed by atoms with Gasteiger partial charge in [-0.1, -0.05) is 30.3 Å². The van der Waals surface area contributed by atoms with Crippen LogP contribution < -0.4 is 5.32 Å². The molecule has 0 aliphatic carbocycles. The molecule has 1 aliphatic heterocycles. The SMILES string of the molecule is CC1(OC(F)(F)c2ccccc2)CCNCC1. The number of hydrogen-bond acceptors (Lipinski definition) is 2. The maximum atomic E-state index is 13.9. The zero-order chi connectivity index (χ0) is 12.4. The van der Waals surface area contributed by atoms with Gasteiger partial charge in [-0.25, -0.2) is 0 Å². The predicted octanol–water partition coefficient (Wildman–Crippen LogP) is 2.89. The third kappa shape index (κ3) is 3.01. The summed E-state index contributed by atoms with van der Waals surface area (Å²) >= 11 is 0. The lowest BCUT2D eigenvalue weighted by molar-refractivity contribution is -0.306. The van der Waals surface area contributed by atoms with E-state index in [2.05, 4.69) is 5.32 Å². The predicted molar refractivity (Wildman–Crippen MR) is 61.9 cm³/mol. The topological polar surface area (TPSA) is 21.3 Å². The van der Waals surface area contributed by atoms with Crippen molar-refractivity contribution in [2.45, 2.75) is 31.5 Å². The number of benzene rings is 1. The van der Waals surface area contributed by atoms with Gasteiger partial charge in [-0.3, -0.25) is 0 Å². The first-order chi connectivity index (χ1) is 8.02. The quantitative estimate of drug-likeness (QED) is 0.878. The third-order valence-electron chi connectivity index (χ3n) is 3.15. The fourth-order valence-corrected chi connectivity index (χ4v) is 2.06. The zero-order valence-electron chi connectivity index (χ0n) is 9.88. The Morgan fingerprint density at radius 3 is 2.35 bits per heavy atom. The summed E-state index contributed by atoms with van der Waals surface area (Å²) in [4.78, 5) is 0. The molecule has 17 heavy (non-hydrogen) atoms. The number of halogens is 2. The highest BCUT2D eigenvalue weighted by molar-refractivity contribution is 5.18. The van der Waals surface area contributed by atoms with E-state index < -0.39 is 11.7 Å². The molecular weight excluding hydrogens is 224 g/mol. The lowest BCUT2D eigenvalue weighted by Gasteiger charge is -2.37. The van der Waals surface area contributed by atoms with Gasteiger partial charge in [0.25, 0.3) is 0 Å². The highest BCUT2D eigenvalue weighted by atomic mass is 19.3. The highest BCUT2D eigenvalue weighted by Crippen LogP contribution is 2.37. The minimum atomic E-state index is -3.21. The van der Waals surface area contributed by atoms with Crippen LogP contribution >= 0.6 is 0 Å². The van der Waals surface area contributed by atoms with Crippen molar-refractivity contribution >= 4 is 0 Å². The van der Waals surface area contributed by atoms with Gasteiger partial charge in [-0.2, -0.15) is 8.78 Å². The van der Waals surface area contributed by atoms with E-state index in [1.54, 1.807) is 25.1 Å². The zero-order valence-corrected chi connectivity index (χ0v) is 9.88. The normalized spacial score (nSPS) is 20.2. The summed E-state index contributed by atoms with van der Waals surface area (Å²) < 4.78 is 33.0. The summed E-state index contributed by atoms with van der Waals surface area (Å²) in [5.74, 6) is 0. The third-order valence-corrected chi connectivity index (χ3v) is 3.15. The molecule has 0 saturated carbocycles. The van der Waals surface area contributed by atoms with E-state index in [0.29, 0.717) is 12.8 Å². The van der Waals surface area contributed by atoms with Gasteiger partial charge in [0.05, 0.1) is 11.2 Å². The lowest BCUT2D eigenvalue weighted by atomic mass is 9.94. The molecule has 0 aromatic heterocycles. The van der Waals surface area contributed by atoms with Crippen LogP contribution in [0.2, 0.25) is 0 Å². The molecular formula is C13H17F2NO. The van der Waals surface area contributed by atoms with Gasteiger partial charge in [0.1, 0.15) is 0 Å². The van der Waals surface area contributed by atoms with Crippen molar-refractivity contribution in [3.63, 3.8) is 0 Å². The van der Waals surface area contributed by atoms with Crippen molar-refractivity contribution in [3.8, 4) is 0 Å². The first kappa shape index (κ1) is 12.5. The maximum Gasteiger partial charge on any atom is 0.383 e. The fourth-order valence-electron chi connectivity index (χ4n) is 2.06. The fraction of sp³-hybridized carbons (Fsp3) is 0.538. The maximum absolute atomic E-state index is 13.9. The summed E-state index contributed by atoms with van der Waals surface area (Å²) in [6, 6.07) is 7.69. The molecule has 1 saturated heterocycles. The van der Waals surface area contributed by atoms with E-state index in [9.17, 15) is 8.78 Å². The number of alkyl halides is 2. The summed E-state index contributed by atoms with van der Waals surface area (Å²) in [5.41, 5.74) is -0.829. The average Bonchev–Trinajstić information content (AvgIpc) is 2.30. The molecule has 1 fully saturated rings. The van der Waals surface area contributed by atoms with Crippen LogP contribution in [0, 0.1) is 0 Å². The molecule has 0 spiro atoms.